The lowest BCUT2D eigenvalue weighted by molar-refractivity contribution is -0.384. The molecule has 1 unspecified atom stereocenters. The van der Waals surface area contributed by atoms with Crippen LogP contribution in [0.2, 0.25) is 0 Å². The molecule has 0 aromatic heterocycles. The number of halogens is 1. The van der Waals surface area contributed by atoms with Gasteiger partial charge in [0.2, 0.25) is 0 Å². The van der Waals surface area contributed by atoms with Gasteiger partial charge < -0.3 is 10.1 Å². The molecule has 0 saturated heterocycles. The summed E-state index contributed by atoms with van der Waals surface area (Å²) in [4.78, 5) is 10.1. The van der Waals surface area contributed by atoms with Crippen LogP contribution in [0.25, 0.3) is 0 Å². The van der Waals surface area contributed by atoms with Crippen LogP contribution in [0, 0.1) is 15.9 Å². The van der Waals surface area contributed by atoms with Crippen molar-refractivity contribution in [1.29, 1.82) is 0 Å². The lowest BCUT2D eigenvalue weighted by Crippen LogP contribution is -2.20. The third-order valence-electron chi connectivity index (χ3n) is 2.19. The van der Waals surface area contributed by atoms with E-state index in [4.69, 9.17) is 4.74 Å². The largest absolute Gasteiger partial charge is 0.377 e. The first-order valence-corrected chi connectivity index (χ1v) is 5.34. The zero-order valence-corrected chi connectivity index (χ0v) is 9.77. The van der Waals surface area contributed by atoms with Gasteiger partial charge in [-0.25, -0.2) is 4.39 Å². The minimum atomic E-state index is -0.625. The molecule has 0 aliphatic heterocycles. The third-order valence-corrected chi connectivity index (χ3v) is 2.19. The van der Waals surface area contributed by atoms with Gasteiger partial charge >= 0.3 is 0 Å². The summed E-state index contributed by atoms with van der Waals surface area (Å²) in [6.45, 7) is 4.73. The summed E-state index contributed by atoms with van der Waals surface area (Å²) in [7, 11) is 0. The number of hydrogen-bond acceptors (Lipinski definition) is 4. The summed E-state index contributed by atoms with van der Waals surface area (Å²) >= 11 is 0. The van der Waals surface area contributed by atoms with Gasteiger partial charge in [0.05, 0.1) is 17.1 Å². The number of ether oxygens (including phenoxy) is 1. The Morgan fingerprint density at radius 1 is 1.59 bits per heavy atom. The van der Waals surface area contributed by atoms with Crippen LogP contribution in [0.15, 0.2) is 18.2 Å². The zero-order chi connectivity index (χ0) is 12.8. The van der Waals surface area contributed by atoms with Crippen LogP contribution in [0.3, 0.4) is 0 Å². The van der Waals surface area contributed by atoms with Gasteiger partial charge in [-0.05, 0) is 26.0 Å². The molecule has 0 aliphatic rings. The van der Waals surface area contributed by atoms with E-state index in [-0.39, 0.29) is 11.8 Å². The van der Waals surface area contributed by atoms with E-state index < -0.39 is 10.7 Å². The van der Waals surface area contributed by atoms with Gasteiger partial charge in [-0.2, -0.15) is 0 Å². The van der Waals surface area contributed by atoms with Gasteiger partial charge in [0, 0.05) is 13.2 Å². The van der Waals surface area contributed by atoms with Crippen LogP contribution in [-0.2, 0) is 4.74 Å². The lowest BCUT2D eigenvalue weighted by Gasteiger charge is -2.13. The van der Waals surface area contributed by atoms with E-state index >= 15 is 0 Å². The Morgan fingerprint density at radius 2 is 2.29 bits per heavy atom. The molecular weight excluding hydrogens is 227 g/mol. The van der Waals surface area contributed by atoms with Crippen LogP contribution < -0.4 is 5.32 Å². The molecule has 0 radical (unpaired) electrons. The molecule has 6 heteroatoms. The van der Waals surface area contributed by atoms with Crippen molar-refractivity contribution in [3.63, 3.8) is 0 Å². The Kier molecular flexibility index (Phi) is 4.84. The molecule has 94 valence electrons. The van der Waals surface area contributed by atoms with Crippen LogP contribution in [0.1, 0.15) is 13.8 Å². The number of nitrogens with zero attached hydrogens (tertiary/aromatic N) is 1. The second-order valence-corrected chi connectivity index (χ2v) is 3.57. The van der Waals surface area contributed by atoms with Crippen LogP contribution in [0.5, 0.6) is 0 Å². The fourth-order valence-corrected chi connectivity index (χ4v) is 1.40. The topological polar surface area (TPSA) is 64.4 Å². The van der Waals surface area contributed by atoms with E-state index in [0.717, 1.165) is 6.07 Å². The molecule has 1 rings (SSSR count). The summed E-state index contributed by atoms with van der Waals surface area (Å²) in [6.07, 6.45) is -0.0651. The predicted molar refractivity (Wildman–Crippen MR) is 62.6 cm³/mol. The summed E-state index contributed by atoms with van der Waals surface area (Å²) < 4.78 is 18.2. The molecule has 0 aliphatic carbocycles. The van der Waals surface area contributed by atoms with Gasteiger partial charge in [0.25, 0.3) is 5.69 Å². The van der Waals surface area contributed by atoms with E-state index in [1.54, 1.807) is 0 Å². The molecule has 1 N–H and O–H groups in total. The molecule has 0 saturated carbocycles. The highest BCUT2D eigenvalue weighted by Gasteiger charge is 2.15. The maximum Gasteiger partial charge on any atom is 0.295 e. The molecule has 0 spiro atoms. The summed E-state index contributed by atoms with van der Waals surface area (Å²) in [6, 6.07) is 3.43. The number of benzene rings is 1. The highest BCUT2D eigenvalue weighted by molar-refractivity contribution is 5.61. The van der Waals surface area contributed by atoms with Crippen molar-refractivity contribution in [3.8, 4) is 0 Å². The smallest absolute Gasteiger partial charge is 0.295 e. The maximum atomic E-state index is 12.9. The van der Waals surface area contributed by atoms with E-state index in [0.29, 0.717) is 18.8 Å². The third kappa shape index (κ3) is 3.99. The molecule has 1 atom stereocenters. The molecule has 0 bridgehead atoms. The Balaban J connectivity index is 2.73. The minimum Gasteiger partial charge on any atom is -0.377 e. The molecule has 0 amide bonds. The summed E-state index contributed by atoms with van der Waals surface area (Å²) in [5, 5.41) is 13.6. The van der Waals surface area contributed by atoms with Crippen molar-refractivity contribution >= 4 is 11.4 Å². The van der Waals surface area contributed by atoms with Crippen LogP contribution in [-0.4, -0.2) is 24.2 Å². The minimum absolute atomic E-state index is 0.0651. The first kappa shape index (κ1) is 13.4. The van der Waals surface area contributed by atoms with Crippen molar-refractivity contribution in [3.05, 3.63) is 34.1 Å². The maximum absolute atomic E-state index is 12.9. The van der Waals surface area contributed by atoms with Gasteiger partial charge in [0.15, 0.2) is 0 Å². The van der Waals surface area contributed by atoms with Crippen molar-refractivity contribution in [2.45, 2.75) is 20.0 Å². The van der Waals surface area contributed by atoms with Gasteiger partial charge in [0.1, 0.15) is 11.5 Å². The van der Waals surface area contributed by atoms with Gasteiger partial charge in [-0.15, -0.1) is 0 Å². The molecule has 5 nitrogen and oxygen atoms in total. The van der Waals surface area contributed by atoms with Crippen molar-refractivity contribution < 1.29 is 14.1 Å². The number of nitro benzene ring substituents is 1. The fraction of sp³-hybridized carbons (Fsp3) is 0.455. The second-order valence-electron chi connectivity index (χ2n) is 3.57. The summed E-state index contributed by atoms with van der Waals surface area (Å²) in [5.74, 6) is -0.625. The standard InChI is InChI=1S/C11H15FN2O3/c1-3-17-8(2)7-13-10-5-4-9(12)6-11(10)14(15)16/h4-6,8,13H,3,7H2,1-2H3. The highest BCUT2D eigenvalue weighted by Crippen LogP contribution is 2.24. The van der Waals surface area contributed by atoms with Crippen molar-refractivity contribution in [1.82, 2.24) is 0 Å². The number of hydrogen-bond donors (Lipinski definition) is 1. The second kappa shape index (κ2) is 6.15. The number of nitrogens with one attached hydrogen (secondary N) is 1. The molecule has 1 aromatic carbocycles. The highest BCUT2D eigenvalue weighted by atomic mass is 19.1. The average Bonchev–Trinajstić information content (AvgIpc) is 2.27. The first-order valence-electron chi connectivity index (χ1n) is 5.34. The van der Waals surface area contributed by atoms with Gasteiger partial charge in [-0.3, -0.25) is 10.1 Å². The first-order chi connectivity index (χ1) is 8.04. The number of anilines is 1. The van der Waals surface area contributed by atoms with E-state index in [1.807, 2.05) is 13.8 Å². The fourth-order valence-electron chi connectivity index (χ4n) is 1.40. The zero-order valence-electron chi connectivity index (χ0n) is 9.77. The molecular formula is C11H15FN2O3. The van der Waals surface area contributed by atoms with E-state index in [1.165, 1.54) is 12.1 Å². The van der Waals surface area contributed by atoms with Crippen LogP contribution >= 0.6 is 0 Å². The van der Waals surface area contributed by atoms with E-state index in [2.05, 4.69) is 5.32 Å². The predicted octanol–water partition coefficient (Wildman–Crippen LogP) is 2.57. The molecule has 17 heavy (non-hydrogen) atoms. The van der Waals surface area contributed by atoms with Gasteiger partial charge in [-0.1, -0.05) is 0 Å². The van der Waals surface area contributed by atoms with Crippen molar-refractivity contribution in [2.75, 3.05) is 18.5 Å². The quantitative estimate of drug-likeness (QED) is 0.615. The monoisotopic (exact) mass is 242 g/mol. The molecule has 0 fully saturated rings. The molecule has 1 aromatic rings. The Bertz CT molecular complexity index is 398. The number of rotatable bonds is 6. The molecule has 0 heterocycles. The Morgan fingerprint density at radius 3 is 2.88 bits per heavy atom. The van der Waals surface area contributed by atoms with Crippen molar-refractivity contribution in [2.24, 2.45) is 0 Å². The summed E-state index contributed by atoms with van der Waals surface area (Å²) in [5.41, 5.74) is 0.0247. The normalized spacial score (nSPS) is 12.2. The lowest BCUT2D eigenvalue weighted by atomic mass is 10.2. The Hall–Kier alpha value is -1.69. The Labute approximate surface area is 98.7 Å². The average molecular weight is 242 g/mol. The van der Waals surface area contributed by atoms with E-state index in [9.17, 15) is 14.5 Å². The number of nitro groups is 1. The SMILES string of the molecule is CCOC(C)CNc1ccc(F)cc1[N+](=O)[O-]. The van der Waals surface area contributed by atoms with Crippen LogP contribution in [0.4, 0.5) is 15.8 Å².